The molecule has 0 N–H and O–H groups in total. The van der Waals surface area contributed by atoms with E-state index < -0.39 is 0 Å². The third-order valence-electron chi connectivity index (χ3n) is 18.4. The van der Waals surface area contributed by atoms with Crippen LogP contribution in [0.15, 0.2) is 225 Å². The van der Waals surface area contributed by atoms with Crippen molar-refractivity contribution in [1.29, 1.82) is 0 Å². The van der Waals surface area contributed by atoms with Crippen molar-refractivity contribution in [2.24, 2.45) is 0 Å². The van der Waals surface area contributed by atoms with Crippen molar-refractivity contribution in [1.82, 2.24) is 0 Å². The molecule has 0 spiro atoms. The highest BCUT2D eigenvalue weighted by Crippen LogP contribution is 2.55. The van der Waals surface area contributed by atoms with Crippen molar-refractivity contribution in [3.05, 3.63) is 224 Å². The van der Waals surface area contributed by atoms with E-state index in [1.807, 2.05) is 72.0 Å². The van der Waals surface area contributed by atoms with Crippen LogP contribution in [0.3, 0.4) is 0 Å². The van der Waals surface area contributed by atoms with Crippen LogP contribution in [-0.2, 0) is 16.2 Å². The number of thiophene rings is 2. The standard InChI is InChI=1S/C78H61BN2O4S2/c1-76(2,3)48-26-28-69-57(36-48)72-74(86-69)79-71-63(80(72)51-32-44(59-40-82-65-22-14-10-18-53(59)65)30-45(33-51)60-41-83-66-23-15-11-19-54(60)66)38-50(78(7,8)9)39-64(71)81(73-58-37-49(77(4,5)6)27-29-70(58)87-75(73)79)52-34-46(61-42-84-67-24-16-12-20-55(61)67)31-47(35-52)62-43-85-68-25-17-13-21-56(62)68/h10-43H,1-9H3. The molecule has 422 valence electrons. The number of fused-ring (bicyclic) bond motifs is 12. The lowest BCUT2D eigenvalue weighted by molar-refractivity contribution is 0.590. The molecule has 2 aliphatic rings. The van der Waals surface area contributed by atoms with Crippen LogP contribution in [0.1, 0.15) is 79.0 Å². The highest BCUT2D eigenvalue weighted by molar-refractivity contribution is 7.40. The lowest BCUT2D eigenvalue weighted by Crippen LogP contribution is -2.59. The van der Waals surface area contributed by atoms with Gasteiger partial charge >= 0.3 is 0 Å². The summed E-state index contributed by atoms with van der Waals surface area (Å²) in [5, 5.41) is 6.77. The molecule has 17 rings (SSSR count). The van der Waals surface area contributed by atoms with Crippen LogP contribution in [0.25, 0.3) is 109 Å². The lowest BCUT2D eigenvalue weighted by Gasteiger charge is -2.43. The Morgan fingerprint density at radius 2 is 0.655 bits per heavy atom. The van der Waals surface area contributed by atoms with Crippen LogP contribution in [0.5, 0.6) is 0 Å². The van der Waals surface area contributed by atoms with E-state index in [0.717, 1.165) is 111 Å². The molecule has 0 atom stereocenters. The van der Waals surface area contributed by atoms with Gasteiger partial charge in [-0.25, -0.2) is 0 Å². The van der Waals surface area contributed by atoms with Crippen LogP contribution >= 0.6 is 22.7 Å². The number of nitrogens with zero attached hydrogens (tertiary/aromatic N) is 2. The topological polar surface area (TPSA) is 59.0 Å². The number of hydrogen-bond donors (Lipinski definition) is 0. The molecule has 0 bridgehead atoms. The first-order valence-electron chi connectivity index (χ1n) is 30.1. The predicted molar refractivity (Wildman–Crippen MR) is 368 cm³/mol. The molecule has 87 heavy (non-hydrogen) atoms. The third-order valence-corrected chi connectivity index (χ3v) is 20.8. The average Bonchev–Trinajstić information content (AvgIpc) is 1.64. The van der Waals surface area contributed by atoms with Gasteiger partial charge in [-0.3, -0.25) is 0 Å². The highest BCUT2D eigenvalue weighted by atomic mass is 32.1. The van der Waals surface area contributed by atoms with E-state index in [2.05, 4.69) is 230 Å². The molecule has 0 radical (unpaired) electrons. The van der Waals surface area contributed by atoms with Gasteiger partial charge in [0.15, 0.2) is 0 Å². The van der Waals surface area contributed by atoms with Crippen molar-refractivity contribution in [2.45, 2.75) is 78.6 Å². The van der Waals surface area contributed by atoms with Crippen molar-refractivity contribution >= 4 is 143 Å². The summed E-state index contributed by atoms with van der Waals surface area (Å²) < 4.78 is 30.8. The smallest absolute Gasteiger partial charge is 0.277 e. The van der Waals surface area contributed by atoms with Gasteiger partial charge in [0.2, 0.25) is 0 Å². The molecule has 9 aromatic carbocycles. The summed E-state index contributed by atoms with van der Waals surface area (Å²) in [6.07, 6.45) is 7.74. The molecule has 0 aliphatic carbocycles. The fourth-order valence-corrected chi connectivity index (χ4v) is 16.4. The Hall–Kier alpha value is -9.28. The number of para-hydroxylation sites is 4. The number of anilines is 6. The van der Waals surface area contributed by atoms with E-state index in [1.54, 1.807) is 0 Å². The summed E-state index contributed by atoms with van der Waals surface area (Å²) in [5.74, 6) is 0. The summed E-state index contributed by atoms with van der Waals surface area (Å²) in [4.78, 5) is 5.29. The second kappa shape index (κ2) is 18.6. The highest BCUT2D eigenvalue weighted by Gasteiger charge is 2.48. The van der Waals surface area contributed by atoms with Gasteiger partial charge in [0.05, 0.1) is 36.4 Å². The van der Waals surface area contributed by atoms with E-state index in [1.165, 1.54) is 63.3 Å². The van der Waals surface area contributed by atoms with Gasteiger partial charge in [0, 0.05) is 96.3 Å². The molecular weight excluding hydrogens is 1100 g/mol. The molecule has 0 fully saturated rings. The number of rotatable bonds is 6. The van der Waals surface area contributed by atoms with Gasteiger partial charge in [0.1, 0.15) is 22.3 Å². The Bertz CT molecular complexity index is 4840. The fourth-order valence-electron chi connectivity index (χ4n) is 13.8. The summed E-state index contributed by atoms with van der Waals surface area (Å²) >= 11 is 3.90. The van der Waals surface area contributed by atoms with Gasteiger partial charge in [-0.2, -0.15) is 0 Å². The number of benzene rings is 9. The molecule has 0 saturated heterocycles. The second-order valence-corrected chi connectivity index (χ2v) is 29.1. The monoisotopic (exact) mass is 1160 g/mol. The first-order chi connectivity index (χ1) is 42.0. The normalized spacial score (nSPS) is 13.5. The quantitative estimate of drug-likeness (QED) is 0.155. The molecule has 0 saturated carbocycles. The molecule has 0 unspecified atom stereocenters. The molecule has 9 heteroatoms. The fraction of sp³-hybridized carbons (Fsp3) is 0.154. The van der Waals surface area contributed by atoms with Gasteiger partial charge < -0.3 is 27.5 Å². The maximum atomic E-state index is 6.40. The van der Waals surface area contributed by atoms with Crippen LogP contribution in [0.4, 0.5) is 34.1 Å². The Morgan fingerprint density at radius 3 is 0.977 bits per heavy atom. The Balaban J connectivity index is 1.02. The van der Waals surface area contributed by atoms with E-state index in [4.69, 9.17) is 17.7 Å². The van der Waals surface area contributed by atoms with Crippen molar-refractivity contribution in [3.8, 4) is 44.5 Å². The minimum absolute atomic E-state index is 0.0988. The summed E-state index contributed by atoms with van der Waals surface area (Å²) in [6, 6.07) is 67.3. The third kappa shape index (κ3) is 8.05. The maximum Gasteiger partial charge on any atom is 0.277 e. The summed E-state index contributed by atoms with van der Waals surface area (Å²) in [6.45, 7) is 21.0. The minimum Gasteiger partial charge on any atom is -0.464 e. The maximum absolute atomic E-state index is 6.40. The summed E-state index contributed by atoms with van der Waals surface area (Å²) in [7, 11) is 0. The van der Waals surface area contributed by atoms with E-state index in [-0.39, 0.29) is 23.0 Å². The number of hydrogen-bond acceptors (Lipinski definition) is 8. The Morgan fingerprint density at radius 1 is 0.333 bits per heavy atom. The van der Waals surface area contributed by atoms with Crippen LogP contribution < -0.4 is 24.8 Å². The first kappa shape index (κ1) is 52.1. The zero-order valence-corrected chi connectivity index (χ0v) is 51.7. The van der Waals surface area contributed by atoms with Crippen LogP contribution in [0, 0.1) is 0 Å². The van der Waals surface area contributed by atoms with Crippen molar-refractivity contribution < 1.29 is 17.7 Å². The molecule has 8 heterocycles. The SMILES string of the molecule is CC(C)(C)c1cc2c3c(c1)N(c1cc(-c4coc5ccccc45)cc(-c4coc5ccccc45)c1)c1c(sc4ccc(C(C)(C)C)cc14)B3c1sc3ccc(C(C)(C)C)cc3c1N2c1cc(-c2coc3ccccc23)cc(-c2coc3ccccc23)c1. The molecule has 6 aromatic heterocycles. The molecule has 2 aliphatic heterocycles. The molecule has 15 aromatic rings. The first-order valence-corrected chi connectivity index (χ1v) is 31.7. The average molecular weight is 1170 g/mol. The zero-order valence-electron chi connectivity index (χ0n) is 50.1. The van der Waals surface area contributed by atoms with Crippen molar-refractivity contribution in [3.63, 3.8) is 0 Å². The van der Waals surface area contributed by atoms with Crippen LogP contribution in [0.2, 0.25) is 0 Å². The van der Waals surface area contributed by atoms with Crippen molar-refractivity contribution in [2.75, 3.05) is 9.80 Å². The minimum atomic E-state index is -0.276. The Kier molecular flexibility index (Phi) is 11.1. The zero-order chi connectivity index (χ0) is 59.0. The summed E-state index contributed by atoms with van der Waals surface area (Å²) in [5.41, 5.74) is 23.3. The van der Waals surface area contributed by atoms with E-state index in [0.29, 0.717) is 0 Å². The van der Waals surface area contributed by atoms with Gasteiger partial charge in [-0.05, 0) is 158 Å². The molecule has 0 amide bonds. The molecular formula is C78H61BN2O4S2. The Labute approximate surface area is 513 Å². The number of furan rings is 4. The van der Waals surface area contributed by atoms with Gasteiger partial charge in [-0.15, -0.1) is 22.7 Å². The molecule has 6 nitrogen and oxygen atoms in total. The van der Waals surface area contributed by atoms with Gasteiger partial charge in [-0.1, -0.05) is 147 Å². The largest absolute Gasteiger partial charge is 0.464 e. The van der Waals surface area contributed by atoms with E-state index >= 15 is 0 Å². The second-order valence-electron chi connectivity index (χ2n) is 27.0. The predicted octanol–water partition coefficient (Wildman–Crippen LogP) is 21.7. The lowest BCUT2D eigenvalue weighted by atomic mass is 9.39. The van der Waals surface area contributed by atoms with Crippen LogP contribution in [-0.4, -0.2) is 6.71 Å². The van der Waals surface area contributed by atoms with E-state index in [9.17, 15) is 0 Å². The van der Waals surface area contributed by atoms with Gasteiger partial charge in [0.25, 0.3) is 6.71 Å².